The van der Waals surface area contributed by atoms with E-state index in [4.69, 9.17) is 4.74 Å². The molecule has 1 aromatic carbocycles. The lowest BCUT2D eigenvalue weighted by Crippen LogP contribution is -2.48. The summed E-state index contributed by atoms with van der Waals surface area (Å²) in [5.74, 6) is -0.816. The molecule has 9 heteroatoms. The summed E-state index contributed by atoms with van der Waals surface area (Å²) in [6.45, 7) is 0. The van der Waals surface area contributed by atoms with Gasteiger partial charge in [0.05, 0.1) is 17.2 Å². The molecule has 0 unspecified atom stereocenters. The third-order valence-corrected chi connectivity index (χ3v) is 5.37. The maximum Gasteiger partial charge on any atom is 0.311 e. The van der Waals surface area contributed by atoms with Crippen LogP contribution in [0.25, 0.3) is 0 Å². The highest BCUT2D eigenvalue weighted by Crippen LogP contribution is 2.33. The fourth-order valence-corrected chi connectivity index (χ4v) is 3.51. The zero-order valence-electron chi connectivity index (χ0n) is 12.9. The second kappa shape index (κ2) is 6.79. The molecule has 128 valence electrons. The van der Waals surface area contributed by atoms with Crippen LogP contribution in [0.3, 0.4) is 0 Å². The molecule has 0 heterocycles. The molecular weight excluding hydrogens is 327 g/mol. The lowest BCUT2D eigenvalue weighted by atomic mass is 9.92. The van der Waals surface area contributed by atoms with Gasteiger partial charge in [0, 0.05) is 19.2 Å². The highest BCUT2D eigenvalue weighted by Gasteiger charge is 2.35. The molecule has 0 aliphatic heterocycles. The van der Waals surface area contributed by atoms with Gasteiger partial charge in [-0.25, -0.2) is 12.8 Å². The van der Waals surface area contributed by atoms with E-state index in [-0.39, 0.29) is 11.4 Å². The Morgan fingerprint density at radius 2 is 2.00 bits per heavy atom. The second-order valence-electron chi connectivity index (χ2n) is 5.66. The summed E-state index contributed by atoms with van der Waals surface area (Å²) in [4.78, 5) is 10.4. The largest absolute Gasteiger partial charge is 0.482 e. The van der Waals surface area contributed by atoms with Crippen molar-refractivity contribution in [1.29, 1.82) is 0 Å². The van der Waals surface area contributed by atoms with Crippen LogP contribution in [-0.4, -0.2) is 43.1 Å². The monoisotopic (exact) mass is 346 g/mol. The number of sulfonamides is 1. The fraction of sp³-hybridized carbons (Fsp3) is 0.571. The van der Waals surface area contributed by atoms with E-state index in [9.17, 15) is 22.9 Å². The van der Waals surface area contributed by atoms with Crippen molar-refractivity contribution in [2.45, 2.75) is 37.8 Å². The number of nitro benzene ring substituents is 1. The molecule has 1 saturated carbocycles. The number of likely N-dealkylation sites (N-methyl/N-ethyl adjacent to an activating group) is 1. The average molecular weight is 346 g/mol. The highest BCUT2D eigenvalue weighted by atomic mass is 32.2. The fourth-order valence-electron chi connectivity index (χ4n) is 2.77. The number of halogens is 1. The molecule has 2 atom stereocenters. The van der Waals surface area contributed by atoms with Crippen molar-refractivity contribution < 1.29 is 22.5 Å². The number of rotatable bonds is 5. The quantitative estimate of drug-likeness (QED) is 0.603. The van der Waals surface area contributed by atoms with Gasteiger partial charge in [0.25, 0.3) is 0 Å². The van der Waals surface area contributed by atoms with Crippen molar-refractivity contribution >= 4 is 15.7 Å². The smallest absolute Gasteiger partial charge is 0.311 e. The minimum atomic E-state index is -3.42. The molecule has 0 aromatic heterocycles. The summed E-state index contributed by atoms with van der Waals surface area (Å²) in [5.41, 5.74) is -0.335. The molecule has 0 bridgehead atoms. The lowest BCUT2D eigenvalue weighted by Gasteiger charge is -2.36. The van der Waals surface area contributed by atoms with Gasteiger partial charge in [0.2, 0.25) is 10.0 Å². The Balaban J connectivity index is 2.30. The van der Waals surface area contributed by atoms with Crippen LogP contribution in [-0.2, 0) is 10.0 Å². The van der Waals surface area contributed by atoms with Crippen LogP contribution in [0.1, 0.15) is 25.7 Å². The van der Waals surface area contributed by atoms with Gasteiger partial charge >= 0.3 is 5.69 Å². The van der Waals surface area contributed by atoms with E-state index >= 15 is 0 Å². The minimum Gasteiger partial charge on any atom is -0.482 e. The number of ether oxygens (including phenoxy) is 1. The number of hydrogen-bond acceptors (Lipinski definition) is 5. The molecule has 0 spiro atoms. The average Bonchev–Trinajstić information content (AvgIpc) is 2.46. The number of hydrogen-bond donors (Lipinski definition) is 0. The maximum atomic E-state index is 13.4. The topological polar surface area (TPSA) is 89.8 Å². The van der Waals surface area contributed by atoms with Gasteiger partial charge in [-0.05, 0) is 25.3 Å². The van der Waals surface area contributed by atoms with Crippen LogP contribution in [0.15, 0.2) is 18.2 Å². The lowest BCUT2D eigenvalue weighted by molar-refractivity contribution is -0.386. The van der Waals surface area contributed by atoms with Gasteiger partial charge < -0.3 is 4.74 Å². The number of benzene rings is 1. The Labute approximate surface area is 134 Å². The van der Waals surface area contributed by atoms with Crippen molar-refractivity contribution in [1.82, 2.24) is 4.31 Å². The summed E-state index contributed by atoms with van der Waals surface area (Å²) in [6.07, 6.45) is 3.36. The van der Waals surface area contributed by atoms with Gasteiger partial charge in [-0.3, -0.25) is 10.1 Å². The van der Waals surface area contributed by atoms with Crippen LogP contribution < -0.4 is 4.74 Å². The molecule has 1 aromatic rings. The number of nitrogens with zero attached hydrogens (tertiary/aromatic N) is 2. The zero-order valence-corrected chi connectivity index (χ0v) is 13.8. The van der Waals surface area contributed by atoms with E-state index in [0.717, 1.165) is 37.3 Å². The first-order chi connectivity index (χ1) is 10.7. The van der Waals surface area contributed by atoms with E-state index in [2.05, 4.69) is 0 Å². The van der Waals surface area contributed by atoms with Crippen LogP contribution in [0.4, 0.5) is 10.1 Å². The Bertz CT molecular complexity index is 694. The van der Waals surface area contributed by atoms with Crippen molar-refractivity contribution in [2.24, 2.45) is 0 Å². The van der Waals surface area contributed by atoms with Gasteiger partial charge in [-0.2, -0.15) is 4.31 Å². The summed E-state index contributed by atoms with van der Waals surface area (Å²) < 4.78 is 43.8. The van der Waals surface area contributed by atoms with Gasteiger partial charge in [-0.15, -0.1) is 0 Å². The third-order valence-electron chi connectivity index (χ3n) is 4.05. The first kappa shape index (κ1) is 17.6. The minimum absolute atomic E-state index is 0.172. The highest BCUT2D eigenvalue weighted by molar-refractivity contribution is 7.88. The van der Waals surface area contributed by atoms with Gasteiger partial charge in [0.1, 0.15) is 11.9 Å². The molecule has 2 rings (SSSR count). The SMILES string of the molecule is CN([C@@H]1CCCC[C@H]1Oc1cc(F)ccc1[N+](=O)[O-])S(C)(=O)=O. The Morgan fingerprint density at radius 3 is 2.61 bits per heavy atom. The molecule has 0 amide bonds. The Morgan fingerprint density at radius 1 is 1.35 bits per heavy atom. The van der Waals surface area contributed by atoms with Crippen molar-refractivity contribution in [2.75, 3.05) is 13.3 Å². The van der Waals surface area contributed by atoms with Crippen molar-refractivity contribution in [3.63, 3.8) is 0 Å². The first-order valence-corrected chi connectivity index (χ1v) is 9.08. The molecular formula is C14H19FN2O5S. The molecule has 7 nitrogen and oxygen atoms in total. The van der Waals surface area contributed by atoms with E-state index in [1.165, 1.54) is 11.4 Å². The third kappa shape index (κ3) is 4.17. The van der Waals surface area contributed by atoms with E-state index < -0.39 is 32.9 Å². The Kier molecular flexibility index (Phi) is 5.20. The summed E-state index contributed by atoms with van der Waals surface area (Å²) >= 11 is 0. The molecule has 1 aliphatic carbocycles. The molecule has 1 aliphatic rings. The zero-order chi connectivity index (χ0) is 17.2. The first-order valence-electron chi connectivity index (χ1n) is 7.23. The summed E-state index contributed by atoms with van der Waals surface area (Å²) in [7, 11) is -1.96. The van der Waals surface area contributed by atoms with Gasteiger partial charge in [0.15, 0.2) is 5.75 Å². The van der Waals surface area contributed by atoms with E-state index in [1.54, 1.807) is 0 Å². The van der Waals surface area contributed by atoms with E-state index in [0.29, 0.717) is 12.8 Å². The van der Waals surface area contributed by atoms with Crippen LogP contribution in [0.5, 0.6) is 5.75 Å². The number of nitro groups is 1. The molecule has 0 saturated heterocycles. The van der Waals surface area contributed by atoms with E-state index in [1.807, 2.05) is 0 Å². The molecule has 0 radical (unpaired) electrons. The van der Waals surface area contributed by atoms with Crippen LogP contribution >= 0.6 is 0 Å². The second-order valence-corrected chi connectivity index (χ2v) is 7.70. The summed E-state index contributed by atoms with van der Waals surface area (Å²) in [6, 6.07) is 2.57. The predicted molar refractivity (Wildman–Crippen MR) is 82.3 cm³/mol. The molecule has 0 N–H and O–H groups in total. The Hall–Kier alpha value is -1.74. The molecule has 1 fully saturated rings. The van der Waals surface area contributed by atoms with Crippen LogP contribution in [0.2, 0.25) is 0 Å². The maximum absolute atomic E-state index is 13.4. The predicted octanol–water partition coefficient (Wildman–Crippen LogP) is 2.32. The molecule has 23 heavy (non-hydrogen) atoms. The van der Waals surface area contributed by atoms with Crippen LogP contribution in [0, 0.1) is 15.9 Å². The normalized spacial score (nSPS) is 22.1. The standard InChI is InChI=1S/C14H19FN2O5S/c1-16(23(2,20)21)11-5-3-4-6-13(11)22-14-9-10(15)7-8-12(14)17(18)19/h7-9,11,13H,3-6H2,1-2H3/t11-,13-/m1/s1. The summed E-state index contributed by atoms with van der Waals surface area (Å²) in [5, 5.41) is 11.0. The van der Waals surface area contributed by atoms with Crippen molar-refractivity contribution in [3.8, 4) is 5.75 Å². The van der Waals surface area contributed by atoms with Gasteiger partial charge in [-0.1, -0.05) is 6.42 Å². The van der Waals surface area contributed by atoms with Crippen molar-refractivity contribution in [3.05, 3.63) is 34.1 Å².